The lowest BCUT2D eigenvalue weighted by Gasteiger charge is -2.13. The van der Waals surface area contributed by atoms with Gasteiger partial charge >= 0.3 is 0 Å². The molecular formula is C14H25N3O. The van der Waals surface area contributed by atoms with E-state index in [0.29, 0.717) is 18.4 Å². The van der Waals surface area contributed by atoms with Crippen molar-refractivity contribution >= 4 is 5.82 Å². The molecule has 0 saturated heterocycles. The van der Waals surface area contributed by atoms with Crippen molar-refractivity contribution < 1.29 is 4.74 Å². The summed E-state index contributed by atoms with van der Waals surface area (Å²) in [5, 5.41) is 0. The number of nitrogen functional groups attached to an aromatic ring is 1. The van der Waals surface area contributed by atoms with E-state index in [0.717, 1.165) is 18.1 Å². The first kappa shape index (κ1) is 13.4. The van der Waals surface area contributed by atoms with Gasteiger partial charge in [-0.2, -0.15) is 0 Å². The first-order valence-corrected chi connectivity index (χ1v) is 6.89. The monoisotopic (exact) mass is 251 g/mol. The maximum absolute atomic E-state index is 6.29. The molecule has 0 aliphatic heterocycles. The average Bonchev–Trinajstić information content (AvgIpc) is 3.07. The van der Waals surface area contributed by atoms with Crippen LogP contribution in [0.25, 0.3) is 0 Å². The summed E-state index contributed by atoms with van der Waals surface area (Å²) in [4.78, 5) is 4.80. The fourth-order valence-electron chi connectivity index (χ4n) is 2.40. The number of nitrogens with two attached hydrogens (primary N) is 1. The van der Waals surface area contributed by atoms with Crippen LogP contribution in [0.15, 0.2) is 0 Å². The summed E-state index contributed by atoms with van der Waals surface area (Å²) < 4.78 is 7.44. The van der Waals surface area contributed by atoms with Crippen molar-refractivity contribution in [3.63, 3.8) is 0 Å². The minimum Gasteiger partial charge on any atom is -0.384 e. The molecule has 4 heteroatoms. The maximum atomic E-state index is 6.29. The quantitative estimate of drug-likeness (QED) is 0.845. The van der Waals surface area contributed by atoms with Crippen LogP contribution in [0.2, 0.25) is 0 Å². The Labute approximate surface area is 110 Å². The van der Waals surface area contributed by atoms with Gasteiger partial charge < -0.3 is 15.0 Å². The molecule has 1 aromatic rings. The minimum atomic E-state index is 0.265. The van der Waals surface area contributed by atoms with E-state index in [1.54, 1.807) is 7.11 Å². The standard InChI is InChI=1S/C14H25N3O/c1-9(2)7-17-13(15)12(10(3)8-18-4)16-14(17)11-5-6-11/h9-11H,5-8,15H2,1-4H3. The highest BCUT2D eigenvalue weighted by Gasteiger charge is 2.31. The third-order valence-electron chi connectivity index (χ3n) is 3.44. The molecule has 2 N–H and O–H groups in total. The van der Waals surface area contributed by atoms with E-state index >= 15 is 0 Å². The van der Waals surface area contributed by atoms with Gasteiger partial charge in [0.2, 0.25) is 0 Å². The summed E-state index contributed by atoms with van der Waals surface area (Å²) in [6.07, 6.45) is 2.51. The second-order valence-corrected chi connectivity index (χ2v) is 5.88. The largest absolute Gasteiger partial charge is 0.384 e. The summed E-state index contributed by atoms with van der Waals surface area (Å²) in [5.74, 6) is 3.52. The molecule has 0 bridgehead atoms. The van der Waals surface area contributed by atoms with Crippen LogP contribution in [0.4, 0.5) is 5.82 Å². The number of aromatic nitrogens is 2. The molecule has 102 valence electrons. The summed E-state index contributed by atoms with van der Waals surface area (Å²) in [7, 11) is 1.72. The zero-order chi connectivity index (χ0) is 13.3. The zero-order valence-corrected chi connectivity index (χ0v) is 11.9. The number of anilines is 1. The number of rotatable bonds is 6. The average molecular weight is 251 g/mol. The van der Waals surface area contributed by atoms with Crippen molar-refractivity contribution in [3.05, 3.63) is 11.5 Å². The van der Waals surface area contributed by atoms with E-state index in [-0.39, 0.29) is 5.92 Å². The minimum absolute atomic E-state index is 0.265. The van der Waals surface area contributed by atoms with Gasteiger partial charge in [0.15, 0.2) is 0 Å². The van der Waals surface area contributed by atoms with E-state index in [1.165, 1.54) is 18.7 Å². The van der Waals surface area contributed by atoms with Crippen molar-refractivity contribution in [1.82, 2.24) is 9.55 Å². The summed E-state index contributed by atoms with van der Waals surface area (Å²) in [6, 6.07) is 0. The van der Waals surface area contributed by atoms with Gasteiger partial charge in [0, 0.05) is 25.5 Å². The van der Waals surface area contributed by atoms with Gasteiger partial charge in [0.05, 0.1) is 12.3 Å². The zero-order valence-electron chi connectivity index (χ0n) is 11.9. The van der Waals surface area contributed by atoms with Crippen molar-refractivity contribution in [3.8, 4) is 0 Å². The number of hydrogen-bond donors (Lipinski definition) is 1. The molecule has 1 saturated carbocycles. The molecule has 1 fully saturated rings. The lowest BCUT2D eigenvalue weighted by atomic mass is 10.1. The molecule has 0 spiro atoms. The highest BCUT2D eigenvalue weighted by atomic mass is 16.5. The van der Waals surface area contributed by atoms with Gasteiger partial charge in [-0.05, 0) is 18.8 Å². The van der Waals surface area contributed by atoms with E-state index in [2.05, 4.69) is 25.3 Å². The molecule has 1 aliphatic carbocycles. The van der Waals surface area contributed by atoms with Gasteiger partial charge in [-0.15, -0.1) is 0 Å². The summed E-state index contributed by atoms with van der Waals surface area (Å²) >= 11 is 0. The van der Waals surface area contributed by atoms with Gasteiger partial charge in [-0.3, -0.25) is 0 Å². The van der Waals surface area contributed by atoms with Crippen LogP contribution >= 0.6 is 0 Å². The number of methoxy groups -OCH3 is 1. The van der Waals surface area contributed by atoms with E-state index < -0.39 is 0 Å². The van der Waals surface area contributed by atoms with Crippen LogP contribution in [0.1, 0.15) is 57.0 Å². The fourth-order valence-corrected chi connectivity index (χ4v) is 2.40. The number of hydrogen-bond acceptors (Lipinski definition) is 3. The first-order valence-electron chi connectivity index (χ1n) is 6.89. The molecule has 1 aromatic heterocycles. The molecule has 2 rings (SSSR count). The number of ether oxygens (including phenoxy) is 1. The molecule has 4 nitrogen and oxygen atoms in total. The van der Waals surface area contributed by atoms with E-state index in [9.17, 15) is 0 Å². The SMILES string of the molecule is COCC(C)c1nc(C2CC2)n(CC(C)C)c1N. The molecule has 0 radical (unpaired) electrons. The maximum Gasteiger partial charge on any atom is 0.127 e. The second kappa shape index (κ2) is 5.31. The summed E-state index contributed by atoms with van der Waals surface area (Å²) in [6.45, 7) is 8.19. The van der Waals surface area contributed by atoms with E-state index in [4.69, 9.17) is 15.5 Å². The predicted molar refractivity (Wildman–Crippen MR) is 73.7 cm³/mol. The van der Waals surface area contributed by atoms with Crippen molar-refractivity contribution in [2.24, 2.45) is 5.92 Å². The topological polar surface area (TPSA) is 53.1 Å². The number of nitrogens with zero attached hydrogens (tertiary/aromatic N) is 2. The van der Waals surface area contributed by atoms with Crippen LogP contribution in [0.3, 0.4) is 0 Å². The molecule has 18 heavy (non-hydrogen) atoms. The van der Waals surface area contributed by atoms with Gasteiger partial charge in [-0.1, -0.05) is 20.8 Å². The Hall–Kier alpha value is -1.03. The van der Waals surface area contributed by atoms with Crippen LogP contribution in [-0.4, -0.2) is 23.3 Å². The molecule has 0 amide bonds. The van der Waals surface area contributed by atoms with Crippen molar-refractivity contribution in [1.29, 1.82) is 0 Å². The Morgan fingerprint density at radius 3 is 2.56 bits per heavy atom. The third kappa shape index (κ3) is 2.69. The van der Waals surface area contributed by atoms with Crippen molar-refractivity contribution in [2.75, 3.05) is 19.5 Å². The van der Waals surface area contributed by atoms with Crippen LogP contribution in [0, 0.1) is 5.92 Å². The molecule has 1 atom stereocenters. The van der Waals surface area contributed by atoms with Gasteiger partial charge in [0.25, 0.3) is 0 Å². The van der Waals surface area contributed by atoms with E-state index in [1.807, 2.05) is 0 Å². The lowest BCUT2D eigenvalue weighted by molar-refractivity contribution is 0.183. The van der Waals surface area contributed by atoms with Gasteiger partial charge in [0.1, 0.15) is 11.6 Å². The fraction of sp³-hybridized carbons (Fsp3) is 0.786. The highest BCUT2D eigenvalue weighted by Crippen LogP contribution is 2.41. The smallest absolute Gasteiger partial charge is 0.127 e. The number of imidazole rings is 1. The second-order valence-electron chi connectivity index (χ2n) is 5.88. The Bertz CT molecular complexity index is 407. The van der Waals surface area contributed by atoms with Crippen LogP contribution in [0.5, 0.6) is 0 Å². The normalized spacial score (nSPS) is 17.4. The molecule has 1 aliphatic rings. The molecule has 1 unspecified atom stereocenters. The van der Waals surface area contributed by atoms with Crippen LogP contribution < -0.4 is 5.73 Å². The van der Waals surface area contributed by atoms with Crippen molar-refractivity contribution in [2.45, 2.75) is 52.0 Å². The van der Waals surface area contributed by atoms with Crippen LogP contribution in [-0.2, 0) is 11.3 Å². The molecular weight excluding hydrogens is 226 g/mol. The van der Waals surface area contributed by atoms with Gasteiger partial charge in [-0.25, -0.2) is 4.98 Å². The molecule has 0 aromatic carbocycles. The summed E-state index contributed by atoms with van der Waals surface area (Å²) in [5.41, 5.74) is 7.31. The first-order chi connectivity index (χ1) is 8.54. The molecule has 1 heterocycles. The highest BCUT2D eigenvalue weighted by molar-refractivity contribution is 5.42. The Kier molecular flexibility index (Phi) is 3.95. The predicted octanol–water partition coefficient (Wildman–Crippen LogP) is 2.75. The Morgan fingerprint density at radius 1 is 1.39 bits per heavy atom. The Balaban J connectivity index is 2.31. The lowest BCUT2D eigenvalue weighted by Crippen LogP contribution is -2.12. The Morgan fingerprint density at radius 2 is 2.06 bits per heavy atom. The third-order valence-corrected chi connectivity index (χ3v) is 3.44.